The molecule has 1 atom stereocenters. The molecule has 3 aromatic rings. The van der Waals surface area contributed by atoms with Crippen molar-refractivity contribution in [2.75, 3.05) is 23.3 Å². The molecule has 0 saturated heterocycles. The monoisotopic (exact) mass is 585 g/mol. The third kappa shape index (κ3) is 7.55. The van der Waals surface area contributed by atoms with E-state index in [1.165, 1.54) is 31.2 Å². The molecule has 1 N–H and O–H groups in total. The quantitative estimate of drug-likeness (QED) is 0.249. The van der Waals surface area contributed by atoms with Gasteiger partial charge in [0, 0.05) is 55.6 Å². The number of carbonyl (C=O) groups excluding carboxylic acids is 2. The molecule has 214 valence electrons. The van der Waals surface area contributed by atoms with Gasteiger partial charge in [0.15, 0.2) is 0 Å². The van der Waals surface area contributed by atoms with E-state index >= 15 is 0 Å². The van der Waals surface area contributed by atoms with Crippen molar-refractivity contribution in [1.82, 2.24) is 4.90 Å². The first-order valence-corrected chi connectivity index (χ1v) is 15.0. The van der Waals surface area contributed by atoms with E-state index in [1.807, 2.05) is 33.8 Å². The SMILES string of the molecule is CC[C@H](C)N(Cc1ccc(N(CC)CC)cc1OS(=O)(=O)c1ccc(NC(C)=O)cc1)C(=O)c1ccccc1Cl. The Kier molecular flexibility index (Phi) is 10.6. The van der Waals surface area contributed by atoms with E-state index in [4.69, 9.17) is 15.8 Å². The maximum atomic E-state index is 13.6. The van der Waals surface area contributed by atoms with Crippen molar-refractivity contribution in [2.24, 2.45) is 0 Å². The number of rotatable bonds is 12. The normalized spacial score (nSPS) is 11.9. The average molecular weight is 586 g/mol. The molecule has 10 heteroatoms. The molecule has 0 aliphatic rings. The number of benzene rings is 3. The van der Waals surface area contributed by atoms with Crippen LogP contribution < -0.4 is 14.4 Å². The van der Waals surface area contributed by atoms with Crippen molar-refractivity contribution in [3.8, 4) is 5.75 Å². The van der Waals surface area contributed by atoms with Crippen LogP contribution in [0.25, 0.3) is 0 Å². The highest BCUT2D eigenvalue weighted by Crippen LogP contribution is 2.31. The third-order valence-corrected chi connectivity index (χ3v) is 8.25. The molecule has 3 rings (SSSR count). The van der Waals surface area contributed by atoms with Crippen LogP contribution in [0.3, 0.4) is 0 Å². The summed E-state index contributed by atoms with van der Waals surface area (Å²) in [5.41, 5.74) is 2.18. The standard InChI is InChI=1S/C30H36ClN3O5S/c1-6-21(4)34(30(36)27-11-9-10-12-28(27)31)20-23-13-16-25(33(7-2)8-3)19-29(23)39-40(37,38)26-17-14-24(15-18-26)32-22(5)35/h9-19,21H,6-8,20H2,1-5H3,(H,32,35)/t21-/m0/s1. The lowest BCUT2D eigenvalue weighted by atomic mass is 10.1. The molecule has 8 nitrogen and oxygen atoms in total. The first kappa shape index (κ1) is 31.0. The Labute approximate surface area is 242 Å². The van der Waals surface area contributed by atoms with Crippen molar-refractivity contribution < 1.29 is 22.2 Å². The summed E-state index contributed by atoms with van der Waals surface area (Å²) < 4.78 is 32.5. The Hall–Kier alpha value is -3.56. The number of nitrogens with one attached hydrogen (secondary N) is 1. The number of carbonyl (C=O) groups is 2. The molecule has 0 fully saturated rings. The second-order valence-corrected chi connectivity index (χ2v) is 11.3. The van der Waals surface area contributed by atoms with Gasteiger partial charge in [-0.2, -0.15) is 8.42 Å². The summed E-state index contributed by atoms with van der Waals surface area (Å²) in [4.78, 5) is 28.6. The molecule has 40 heavy (non-hydrogen) atoms. The van der Waals surface area contributed by atoms with Gasteiger partial charge in [0.2, 0.25) is 5.91 Å². The van der Waals surface area contributed by atoms with Crippen molar-refractivity contribution >= 4 is 44.9 Å². The smallest absolute Gasteiger partial charge is 0.339 e. The topological polar surface area (TPSA) is 96.0 Å². The lowest BCUT2D eigenvalue weighted by Gasteiger charge is -2.30. The van der Waals surface area contributed by atoms with Gasteiger partial charge in [-0.05, 0) is 69.7 Å². The Bertz CT molecular complexity index is 1440. The molecule has 0 bridgehead atoms. The number of hydrogen-bond donors (Lipinski definition) is 1. The summed E-state index contributed by atoms with van der Waals surface area (Å²) in [6.45, 7) is 10.9. The first-order valence-electron chi connectivity index (χ1n) is 13.3. The molecule has 0 aliphatic heterocycles. The number of hydrogen-bond acceptors (Lipinski definition) is 6. The minimum atomic E-state index is -4.23. The Balaban J connectivity index is 2.04. The van der Waals surface area contributed by atoms with Crippen LogP contribution in [0.5, 0.6) is 5.75 Å². The Morgan fingerprint density at radius 1 is 0.975 bits per heavy atom. The number of anilines is 2. The number of halogens is 1. The van der Waals surface area contributed by atoms with Crippen molar-refractivity contribution in [2.45, 2.75) is 58.5 Å². The van der Waals surface area contributed by atoms with E-state index in [-0.39, 0.29) is 35.0 Å². The minimum absolute atomic E-state index is 0.0632. The van der Waals surface area contributed by atoms with E-state index < -0.39 is 10.1 Å². The van der Waals surface area contributed by atoms with Gasteiger partial charge in [-0.15, -0.1) is 0 Å². The van der Waals surface area contributed by atoms with Gasteiger partial charge >= 0.3 is 10.1 Å². The van der Waals surface area contributed by atoms with Crippen LogP contribution in [0.15, 0.2) is 71.6 Å². The van der Waals surface area contributed by atoms with Crippen LogP contribution >= 0.6 is 11.6 Å². The van der Waals surface area contributed by atoms with Crippen LogP contribution in [0.2, 0.25) is 5.02 Å². The first-order chi connectivity index (χ1) is 19.0. The zero-order valence-corrected chi connectivity index (χ0v) is 25.1. The molecule has 0 unspecified atom stereocenters. The summed E-state index contributed by atoms with van der Waals surface area (Å²) in [7, 11) is -4.23. The van der Waals surface area contributed by atoms with Crippen LogP contribution in [0, 0.1) is 0 Å². The van der Waals surface area contributed by atoms with Crippen LogP contribution in [0.4, 0.5) is 11.4 Å². The maximum absolute atomic E-state index is 13.6. The highest BCUT2D eigenvalue weighted by Gasteiger charge is 2.26. The van der Waals surface area contributed by atoms with Gasteiger partial charge in [0.1, 0.15) is 10.6 Å². The molecular weight excluding hydrogens is 550 g/mol. The molecule has 0 aromatic heterocycles. The largest absolute Gasteiger partial charge is 0.379 e. The molecule has 0 saturated carbocycles. The Morgan fingerprint density at radius 3 is 2.20 bits per heavy atom. The van der Waals surface area contributed by atoms with Crippen LogP contribution in [-0.4, -0.2) is 44.3 Å². The van der Waals surface area contributed by atoms with E-state index in [2.05, 4.69) is 10.2 Å². The second kappa shape index (κ2) is 13.7. The predicted molar refractivity (Wildman–Crippen MR) is 160 cm³/mol. The van der Waals surface area contributed by atoms with Crippen molar-refractivity contribution in [3.05, 3.63) is 82.9 Å². The number of amides is 2. The van der Waals surface area contributed by atoms with E-state index in [0.717, 1.165) is 18.8 Å². The molecule has 0 spiro atoms. The van der Waals surface area contributed by atoms with Gasteiger partial charge in [-0.3, -0.25) is 9.59 Å². The summed E-state index contributed by atoms with van der Waals surface area (Å²) >= 11 is 6.35. The molecule has 2 amide bonds. The highest BCUT2D eigenvalue weighted by atomic mass is 35.5. The predicted octanol–water partition coefficient (Wildman–Crippen LogP) is 6.35. The van der Waals surface area contributed by atoms with Gasteiger partial charge < -0.3 is 19.3 Å². The van der Waals surface area contributed by atoms with Gasteiger partial charge in [0.05, 0.1) is 10.6 Å². The molecule has 0 radical (unpaired) electrons. The lowest BCUT2D eigenvalue weighted by molar-refractivity contribution is -0.114. The van der Waals surface area contributed by atoms with Gasteiger partial charge in [-0.1, -0.05) is 36.7 Å². The van der Waals surface area contributed by atoms with Gasteiger partial charge in [0.25, 0.3) is 5.91 Å². The summed E-state index contributed by atoms with van der Waals surface area (Å²) in [5.74, 6) is -0.382. The lowest BCUT2D eigenvalue weighted by Crippen LogP contribution is -2.38. The van der Waals surface area contributed by atoms with Crippen molar-refractivity contribution in [3.63, 3.8) is 0 Å². The fraction of sp³-hybridized carbons (Fsp3) is 0.333. The van der Waals surface area contributed by atoms with E-state index in [0.29, 0.717) is 28.3 Å². The van der Waals surface area contributed by atoms with Gasteiger partial charge in [-0.25, -0.2) is 0 Å². The fourth-order valence-electron chi connectivity index (χ4n) is 4.23. The molecular formula is C30H36ClN3O5S. The Morgan fingerprint density at radius 2 is 1.62 bits per heavy atom. The second-order valence-electron chi connectivity index (χ2n) is 9.38. The van der Waals surface area contributed by atoms with Crippen molar-refractivity contribution in [1.29, 1.82) is 0 Å². The van der Waals surface area contributed by atoms with E-state index in [1.54, 1.807) is 41.3 Å². The third-order valence-electron chi connectivity index (χ3n) is 6.67. The number of nitrogens with zero attached hydrogens (tertiary/aromatic N) is 2. The minimum Gasteiger partial charge on any atom is -0.379 e. The van der Waals surface area contributed by atoms with Crippen LogP contribution in [0.1, 0.15) is 57.0 Å². The summed E-state index contributed by atoms with van der Waals surface area (Å²) in [6.07, 6.45) is 0.683. The summed E-state index contributed by atoms with van der Waals surface area (Å²) in [5, 5.41) is 2.96. The molecule has 0 heterocycles. The molecule has 0 aliphatic carbocycles. The fourth-order valence-corrected chi connectivity index (χ4v) is 5.41. The summed E-state index contributed by atoms with van der Waals surface area (Å²) in [6, 6.07) is 17.8. The van der Waals surface area contributed by atoms with E-state index in [9.17, 15) is 18.0 Å². The maximum Gasteiger partial charge on any atom is 0.339 e. The van der Waals surface area contributed by atoms with Crippen LogP contribution in [-0.2, 0) is 21.5 Å². The average Bonchev–Trinajstić information content (AvgIpc) is 2.92. The highest BCUT2D eigenvalue weighted by molar-refractivity contribution is 7.87. The molecule has 3 aromatic carbocycles. The zero-order chi connectivity index (χ0) is 29.4. The zero-order valence-electron chi connectivity index (χ0n) is 23.5.